The predicted octanol–water partition coefficient (Wildman–Crippen LogP) is 2.59. The van der Waals surface area contributed by atoms with Crippen molar-refractivity contribution in [2.75, 3.05) is 19.6 Å². The first-order chi connectivity index (χ1) is 13.1. The number of hydrogen-bond donors (Lipinski definition) is 1. The summed E-state index contributed by atoms with van der Waals surface area (Å²) in [4.78, 5) is 41.2. The second-order valence-electron chi connectivity index (χ2n) is 7.19. The van der Waals surface area contributed by atoms with Crippen LogP contribution in [-0.2, 0) is 4.79 Å². The summed E-state index contributed by atoms with van der Waals surface area (Å²) in [6.45, 7) is 1.47. The molecule has 0 aliphatic carbocycles. The van der Waals surface area contributed by atoms with E-state index in [0.29, 0.717) is 30.5 Å². The van der Waals surface area contributed by atoms with Gasteiger partial charge in [-0.2, -0.15) is 0 Å². The van der Waals surface area contributed by atoms with Gasteiger partial charge in [-0.25, -0.2) is 0 Å². The lowest BCUT2D eigenvalue weighted by Crippen LogP contribution is -2.42. The lowest BCUT2D eigenvalue weighted by Gasteiger charge is -2.28. The zero-order chi connectivity index (χ0) is 19.0. The predicted molar refractivity (Wildman–Crippen MR) is 110 cm³/mol. The van der Waals surface area contributed by atoms with Crippen molar-refractivity contribution in [2.45, 2.75) is 31.7 Å². The van der Waals surface area contributed by atoms with Crippen LogP contribution in [0.2, 0.25) is 0 Å². The van der Waals surface area contributed by atoms with Crippen molar-refractivity contribution in [2.24, 2.45) is 5.73 Å². The van der Waals surface area contributed by atoms with Crippen LogP contribution in [0.5, 0.6) is 0 Å². The summed E-state index contributed by atoms with van der Waals surface area (Å²) < 4.78 is 0. The van der Waals surface area contributed by atoms with E-state index in [1.165, 1.54) is 4.90 Å². The highest BCUT2D eigenvalue weighted by atomic mass is 35.5. The molecular formula is C21H24ClN3O3. The molecule has 1 saturated heterocycles. The van der Waals surface area contributed by atoms with Gasteiger partial charge in [0.2, 0.25) is 5.91 Å². The average Bonchev–Trinajstić information content (AvgIpc) is 3.17. The number of halogens is 1. The van der Waals surface area contributed by atoms with Gasteiger partial charge in [0.25, 0.3) is 11.8 Å². The Bertz CT molecular complexity index is 880. The summed E-state index contributed by atoms with van der Waals surface area (Å²) >= 11 is 0. The summed E-state index contributed by atoms with van der Waals surface area (Å²) in [5, 5.41) is 1.62. The minimum absolute atomic E-state index is 0. The van der Waals surface area contributed by atoms with Gasteiger partial charge in [0.05, 0.1) is 0 Å². The molecule has 2 aromatic carbocycles. The number of hydrogen-bond acceptors (Lipinski definition) is 4. The molecule has 2 aliphatic heterocycles. The van der Waals surface area contributed by atoms with Gasteiger partial charge in [-0.15, -0.1) is 12.4 Å². The molecule has 0 radical (unpaired) electrons. The van der Waals surface area contributed by atoms with Crippen LogP contribution in [0.15, 0.2) is 36.4 Å². The Balaban J connectivity index is 0.00000225. The number of carbonyl (C=O) groups excluding carboxylic acids is 3. The topological polar surface area (TPSA) is 83.7 Å². The van der Waals surface area contributed by atoms with E-state index in [0.717, 1.165) is 30.2 Å². The number of likely N-dealkylation sites (tertiary alicyclic amines) is 1. The normalized spacial score (nSPS) is 18.5. The highest BCUT2D eigenvalue weighted by Gasteiger charge is 2.33. The van der Waals surface area contributed by atoms with Gasteiger partial charge in [-0.1, -0.05) is 24.3 Å². The van der Waals surface area contributed by atoms with E-state index >= 15 is 0 Å². The van der Waals surface area contributed by atoms with Crippen LogP contribution in [-0.4, -0.2) is 53.2 Å². The molecule has 1 fully saturated rings. The standard InChI is InChI=1S/C21H23N3O3.ClH/c22-13-15-7-3-11-23(15)18(25)10-4-12-24-20(26)16-8-1-5-14-6-2-9-17(19(14)16)21(24)27;/h1-2,5-6,8-9,15H,3-4,7,10-13,22H2;1H. The lowest BCUT2D eigenvalue weighted by molar-refractivity contribution is -0.132. The lowest BCUT2D eigenvalue weighted by atomic mass is 9.94. The molecule has 2 N–H and O–H groups in total. The molecule has 28 heavy (non-hydrogen) atoms. The summed E-state index contributed by atoms with van der Waals surface area (Å²) in [7, 11) is 0. The third-order valence-corrected chi connectivity index (χ3v) is 5.60. The molecule has 4 rings (SSSR count). The van der Waals surface area contributed by atoms with Crippen molar-refractivity contribution in [3.63, 3.8) is 0 Å². The van der Waals surface area contributed by atoms with E-state index in [4.69, 9.17) is 5.73 Å². The Labute approximate surface area is 170 Å². The summed E-state index contributed by atoms with van der Waals surface area (Å²) in [6.07, 6.45) is 2.71. The van der Waals surface area contributed by atoms with E-state index in [2.05, 4.69) is 0 Å². The molecule has 7 heteroatoms. The zero-order valence-corrected chi connectivity index (χ0v) is 16.4. The van der Waals surface area contributed by atoms with E-state index in [-0.39, 0.29) is 42.7 Å². The van der Waals surface area contributed by atoms with Gasteiger partial charge in [0.1, 0.15) is 0 Å². The van der Waals surface area contributed by atoms with Gasteiger partial charge >= 0.3 is 0 Å². The Kier molecular flexibility index (Phi) is 6.01. The first-order valence-electron chi connectivity index (χ1n) is 9.49. The monoisotopic (exact) mass is 401 g/mol. The minimum atomic E-state index is -0.280. The summed E-state index contributed by atoms with van der Waals surface area (Å²) in [5.41, 5.74) is 6.84. The molecule has 1 unspecified atom stereocenters. The van der Waals surface area contributed by atoms with Crippen molar-refractivity contribution in [3.8, 4) is 0 Å². The average molecular weight is 402 g/mol. The van der Waals surface area contributed by atoms with Crippen LogP contribution in [0.4, 0.5) is 0 Å². The number of nitrogens with two attached hydrogens (primary N) is 1. The van der Waals surface area contributed by atoms with Crippen LogP contribution < -0.4 is 5.73 Å². The highest BCUT2D eigenvalue weighted by Crippen LogP contribution is 2.30. The molecule has 0 spiro atoms. The Morgan fingerprint density at radius 2 is 1.71 bits per heavy atom. The third-order valence-electron chi connectivity index (χ3n) is 5.60. The fourth-order valence-corrected chi connectivity index (χ4v) is 4.22. The van der Waals surface area contributed by atoms with Gasteiger partial charge in [-0.05, 0) is 36.8 Å². The van der Waals surface area contributed by atoms with Gasteiger partial charge in [0.15, 0.2) is 0 Å². The van der Waals surface area contributed by atoms with Crippen molar-refractivity contribution >= 4 is 40.9 Å². The first kappa shape index (κ1) is 20.3. The van der Waals surface area contributed by atoms with Crippen molar-refractivity contribution in [3.05, 3.63) is 47.5 Å². The SMILES string of the molecule is Cl.NCC1CCCN1C(=O)CCCN1C(=O)c2cccc3cccc(c23)C1=O. The van der Waals surface area contributed by atoms with E-state index in [1.807, 2.05) is 29.2 Å². The van der Waals surface area contributed by atoms with Gasteiger partial charge < -0.3 is 10.6 Å². The number of benzene rings is 2. The first-order valence-corrected chi connectivity index (χ1v) is 9.49. The van der Waals surface area contributed by atoms with E-state index in [1.54, 1.807) is 12.1 Å². The number of rotatable bonds is 5. The Hall–Kier alpha value is -2.44. The fourth-order valence-electron chi connectivity index (χ4n) is 4.22. The molecule has 6 nitrogen and oxygen atoms in total. The number of amides is 3. The number of imide groups is 1. The zero-order valence-electron chi connectivity index (χ0n) is 15.6. The molecule has 0 saturated carbocycles. The van der Waals surface area contributed by atoms with Crippen LogP contribution in [0.25, 0.3) is 10.8 Å². The largest absolute Gasteiger partial charge is 0.338 e. The second kappa shape index (κ2) is 8.29. The molecular weight excluding hydrogens is 378 g/mol. The van der Waals surface area contributed by atoms with Crippen LogP contribution in [0.1, 0.15) is 46.4 Å². The van der Waals surface area contributed by atoms with Crippen molar-refractivity contribution in [1.29, 1.82) is 0 Å². The smallest absolute Gasteiger partial charge is 0.261 e. The quantitative estimate of drug-likeness (QED) is 0.780. The minimum Gasteiger partial charge on any atom is -0.338 e. The molecule has 0 aromatic heterocycles. The fraction of sp³-hybridized carbons (Fsp3) is 0.381. The summed E-state index contributed by atoms with van der Waals surface area (Å²) in [5.74, 6) is -0.502. The van der Waals surface area contributed by atoms with E-state index < -0.39 is 0 Å². The van der Waals surface area contributed by atoms with Gasteiger partial charge in [-0.3, -0.25) is 19.3 Å². The number of carbonyl (C=O) groups is 3. The molecule has 0 bridgehead atoms. The third kappa shape index (κ3) is 3.38. The molecule has 2 aliphatic rings. The van der Waals surface area contributed by atoms with E-state index in [9.17, 15) is 14.4 Å². The van der Waals surface area contributed by atoms with Crippen molar-refractivity contribution in [1.82, 2.24) is 9.80 Å². The van der Waals surface area contributed by atoms with Gasteiger partial charge in [0, 0.05) is 48.6 Å². The molecule has 2 heterocycles. The second-order valence-corrected chi connectivity index (χ2v) is 7.19. The van der Waals surface area contributed by atoms with Crippen molar-refractivity contribution < 1.29 is 14.4 Å². The maximum Gasteiger partial charge on any atom is 0.261 e. The summed E-state index contributed by atoms with van der Waals surface area (Å²) in [6, 6.07) is 11.1. The van der Waals surface area contributed by atoms with Crippen LogP contribution >= 0.6 is 12.4 Å². The highest BCUT2D eigenvalue weighted by molar-refractivity contribution is 6.25. The van der Waals surface area contributed by atoms with Crippen LogP contribution in [0.3, 0.4) is 0 Å². The Morgan fingerprint density at radius 3 is 2.32 bits per heavy atom. The number of nitrogens with zero attached hydrogens (tertiary/aromatic N) is 2. The van der Waals surface area contributed by atoms with Crippen LogP contribution in [0, 0.1) is 0 Å². The maximum absolute atomic E-state index is 12.8. The molecule has 1 atom stereocenters. The molecule has 148 valence electrons. The maximum atomic E-state index is 12.8. The molecule has 2 aromatic rings. The molecule has 3 amide bonds. The Morgan fingerprint density at radius 1 is 1.07 bits per heavy atom.